The van der Waals surface area contributed by atoms with Gasteiger partial charge in [0.1, 0.15) is 29.4 Å². The summed E-state index contributed by atoms with van der Waals surface area (Å²) in [6.45, 7) is 6.57. The van der Waals surface area contributed by atoms with Crippen LogP contribution in [0.25, 0.3) is 0 Å². The molecule has 2 rings (SSSR count). The lowest BCUT2D eigenvalue weighted by molar-refractivity contribution is -0.120. The highest BCUT2D eigenvalue weighted by atomic mass is 16.2. The Morgan fingerprint density at radius 1 is 1.58 bits per heavy atom. The maximum atomic E-state index is 11.8. The summed E-state index contributed by atoms with van der Waals surface area (Å²) in [4.78, 5) is 20.2. The Bertz CT molecular complexity index is 546. The van der Waals surface area contributed by atoms with Crippen molar-refractivity contribution in [3.05, 3.63) is 17.6 Å². The summed E-state index contributed by atoms with van der Waals surface area (Å²) in [5.41, 5.74) is 0.117. The standard InChI is InChI=1S/C13H17N5O/c1-4-9-16-8(6-14)5-10(17-9)18-11-12(19)15-7-13(11,2)3/h5,11H,4,7H2,1-3H3,(H,15,19)(H,16,17,18). The number of carbonyl (C=O) groups excluding carboxylic acids is 1. The van der Waals surface area contributed by atoms with Crippen LogP contribution in [-0.4, -0.2) is 28.5 Å². The van der Waals surface area contributed by atoms with E-state index in [1.807, 2.05) is 26.8 Å². The van der Waals surface area contributed by atoms with Gasteiger partial charge in [-0.25, -0.2) is 9.97 Å². The molecule has 0 saturated carbocycles. The zero-order chi connectivity index (χ0) is 14.0. The smallest absolute Gasteiger partial charge is 0.243 e. The highest BCUT2D eigenvalue weighted by Gasteiger charge is 2.41. The van der Waals surface area contributed by atoms with Gasteiger partial charge in [-0.05, 0) is 0 Å². The first-order valence-corrected chi connectivity index (χ1v) is 6.28. The largest absolute Gasteiger partial charge is 0.358 e. The molecule has 0 bridgehead atoms. The monoisotopic (exact) mass is 259 g/mol. The van der Waals surface area contributed by atoms with Crippen molar-refractivity contribution >= 4 is 11.7 Å². The van der Waals surface area contributed by atoms with Gasteiger partial charge >= 0.3 is 0 Å². The molecule has 1 aliphatic heterocycles. The number of amides is 1. The summed E-state index contributed by atoms with van der Waals surface area (Å²) in [5, 5.41) is 14.9. The molecule has 1 fully saturated rings. The number of hydrogen-bond donors (Lipinski definition) is 2. The maximum absolute atomic E-state index is 11.8. The van der Waals surface area contributed by atoms with Crippen molar-refractivity contribution in [2.45, 2.75) is 33.2 Å². The van der Waals surface area contributed by atoms with E-state index in [1.165, 1.54) is 0 Å². The molecular weight excluding hydrogens is 242 g/mol. The van der Waals surface area contributed by atoms with Crippen LogP contribution < -0.4 is 10.6 Å². The minimum absolute atomic E-state index is 0.0415. The molecule has 1 aromatic rings. The van der Waals surface area contributed by atoms with Crippen molar-refractivity contribution in [3.63, 3.8) is 0 Å². The fourth-order valence-corrected chi connectivity index (χ4v) is 2.07. The van der Waals surface area contributed by atoms with Gasteiger partial charge in [-0.3, -0.25) is 4.79 Å². The van der Waals surface area contributed by atoms with Gasteiger partial charge in [-0.15, -0.1) is 0 Å². The molecule has 1 unspecified atom stereocenters. The fraction of sp³-hybridized carbons (Fsp3) is 0.538. The van der Waals surface area contributed by atoms with Gasteiger partial charge in [-0.1, -0.05) is 20.8 Å². The van der Waals surface area contributed by atoms with Crippen molar-refractivity contribution in [2.75, 3.05) is 11.9 Å². The SMILES string of the molecule is CCc1nc(C#N)cc(NC2C(=O)NCC2(C)C)n1. The number of aromatic nitrogens is 2. The molecule has 0 spiro atoms. The quantitative estimate of drug-likeness (QED) is 0.839. The minimum atomic E-state index is -0.348. The Morgan fingerprint density at radius 2 is 2.32 bits per heavy atom. The van der Waals surface area contributed by atoms with Gasteiger partial charge in [0.15, 0.2) is 0 Å². The Kier molecular flexibility index (Phi) is 3.38. The molecule has 0 aromatic carbocycles. The number of nitriles is 1. The van der Waals surface area contributed by atoms with E-state index in [0.717, 1.165) is 0 Å². The number of carbonyl (C=O) groups is 1. The van der Waals surface area contributed by atoms with Crippen LogP contribution in [0.15, 0.2) is 6.07 Å². The maximum Gasteiger partial charge on any atom is 0.243 e. The molecule has 2 heterocycles. The van der Waals surface area contributed by atoms with E-state index >= 15 is 0 Å². The zero-order valence-electron chi connectivity index (χ0n) is 11.3. The van der Waals surface area contributed by atoms with Crippen molar-refractivity contribution in [3.8, 4) is 6.07 Å². The highest BCUT2D eigenvalue weighted by Crippen LogP contribution is 2.27. The van der Waals surface area contributed by atoms with Crippen LogP contribution in [0.3, 0.4) is 0 Å². The first-order chi connectivity index (χ1) is 8.96. The topological polar surface area (TPSA) is 90.7 Å². The number of nitrogens with zero attached hydrogens (tertiary/aromatic N) is 3. The Morgan fingerprint density at radius 3 is 2.84 bits per heavy atom. The van der Waals surface area contributed by atoms with E-state index in [1.54, 1.807) is 6.07 Å². The van der Waals surface area contributed by atoms with E-state index in [4.69, 9.17) is 5.26 Å². The van der Waals surface area contributed by atoms with Crippen LogP contribution in [0.4, 0.5) is 5.82 Å². The molecule has 6 heteroatoms. The number of rotatable bonds is 3. The van der Waals surface area contributed by atoms with Crippen LogP contribution in [-0.2, 0) is 11.2 Å². The first-order valence-electron chi connectivity index (χ1n) is 6.28. The third-order valence-corrected chi connectivity index (χ3v) is 3.26. The molecule has 2 N–H and O–H groups in total. The molecule has 0 radical (unpaired) electrons. The predicted molar refractivity (Wildman–Crippen MR) is 70.3 cm³/mol. The van der Waals surface area contributed by atoms with Crippen LogP contribution in [0.5, 0.6) is 0 Å². The molecule has 1 amide bonds. The van der Waals surface area contributed by atoms with Gasteiger partial charge in [0.2, 0.25) is 5.91 Å². The number of hydrogen-bond acceptors (Lipinski definition) is 5. The van der Waals surface area contributed by atoms with Crippen molar-refractivity contribution < 1.29 is 4.79 Å². The number of aryl methyl sites for hydroxylation is 1. The number of nitrogens with one attached hydrogen (secondary N) is 2. The Hall–Kier alpha value is -2.16. The molecule has 19 heavy (non-hydrogen) atoms. The summed E-state index contributed by atoms with van der Waals surface area (Å²) < 4.78 is 0. The van der Waals surface area contributed by atoms with E-state index < -0.39 is 0 Å². The molecule has 1 aromatic heterocycles. The van der Waals surface area contributed by atoms with Gasteiger partial charge in [0.25, 0.3) is 0 Å². The summed E-state index contributed by atoms with van der Waals surface area (Å²) >= 11 is 0. The van der Waals surface area contributed by atoms with Crippen molar-refractivity contribution in [2.24, 2.45) is 5.41 Å². The second kappa shape index (κ2) is 4.84. The number of anilines is 1. The van der Waals surface area contributed by atoms with Gasteiger partial charge in [-0.2, -0.15) is 5.26 Å². The minimum Gasteiger partial charge on any atom is -0.358 e. The third kappa shape index (κ3) is 2.65. The third-order valence-electron chi connectivity index (χ3n) is 3.26. The molecule has 1 saturated heterocycles. The summed E-state index contributed by atoms with van der Waals surface area (Å²) in [6.07, 6.45) is 0.643. The van der Waals surface area contributed by atoms with Crippen LogP contribution in [0.2, 0.25) is 0 Å². The molecule has 0 aliphatic carbocycles. The van der Waals surface area contributed by atoms with E-state index in [2.05, 4.69) is 20.6 Å². The second-order valence-corrected chi connectivity index (χ2v) is 5.30. The van der Waals surface area contributed by atoms with Crippen LogP contribution in [0.1, 0.15) is 32.3 Å². The van der Waals surface area contributed by atoms with Crippen LogP contribution in [0, 0.1) is 16.7 Å². The molecule has 1 aliphatic rings. The zero-order valence-corrected chi connectivity index (χ0v) is 11.3. The van der Waals surface area contributed by atoms with Crippen molar-refractivity contribution in [1.82, 2.24) is 15.3 Å². The van der Waals surface area contributed by atoms with Gasteiger partial charge in [0, 0.05) is 24.4 Å². The lowest BCUT2D eigenvalue weighted by atomic mass is 9.87. The van der Waals surface area contributed by atoms with E-state index in [0.29, 0.717) is 30.3 Å². The predicted octanol–water partition coefficient (Wildman–Crippen LogP) is 0.847. The summed E-state index contributed by atoms with van der Waals surface area (Å²) in [5.74, 6) is 1.08. The lowest BCUT2D eigenvalue weighted by Crippen LogP contribution is -2.38. The lowest BCUT2D eigenvalue weighted by Gasteiger charge is -2.25. The summed E-state index contributed by atoms with van der Waals surface area (Å²) in [6, 6.07) is 3.23. The average molecular weight is 259 g/mol. The van der Waals surface area contributed by atoms with Gasteiger partial charge in [0.05, 0.1) is 0 Å². The van der Waals surface area contributed by atoms with E-state index in [9.17, 15) is 4.79 Å². The fourth-order valence-electron chi connectivity index (χ4n) is 2.07. The molecular formula is C13H17N5O. The molecule has 6 nitrogen and oxygen atoms in total. The highest BCUT2D eigenvalue weighted by molar-refractivity contribution is 5.87. The molecule has 1 atom stereocenters. The average Bonchev–Trinajstić information content (AvgIpc) is 2.65. The normalized spacial score (nSPS) is 20.7. The van der Waals surface area contributed by atoms with Crippen LogP contribution >= 0.6 is 0 Å². The Labute approximate surface area is 112 Å². The summed E-state index contributed by atoms with van der Waals surface area (Å²) in [7, 11) is 0. The second-order valence-electron chi connectivity index (χ2n) is 5.30. The van der Waals surface area contributed by atoms with Gasteiger partial charge < -0.3 is 10.6 Å². The first kappa shape index (κ1) is 13.3. The molecule has 100 valence electrons. The Balaban J connectivity index is 2.28. The van der Waals surface area contributed by atoms with E-state index in [-0.39, 0.29) is 17.4 Å². The van der Waals surface area contributed by atoms with Crippen molar-refractivity contribution in [1.29, 1.82) is 5.26 Å².